The zero-order valence-corrected chi connectivity index (χ0v) is 7.56. The van der Waals surface area contributed by atoms with E-state index in [0.717, 1.165) is 31.5 Å². The van der Waals surface area contributed by atoms with Gasteiger partial charge in [0.05, 0.1) is 11.9 Å². The van der Waals surface area contributed by atoms with Gasteiger partial charge in [0.25, 0.3) is 0 Å². The first-order valence-corrected chi connectivity index (χ1v) is 4.72. The molecule has 13 heavy (non-hydrogen) atoms. The molecule has 0 amide bonds. The average molecular weight is 178 g/mol. The van der Waals surface area contributed by atoms with E-state index in [1.165, 1.54) is 0 Å². The van der Waals surface area contributed by atoms with Gasteiger partial charge in [-0.3, -0.25) is 4.98 Å². The largest absolute Gasteiger partial charge is 0.374 e. The van der Waals surface area contributed by atoms with Crippen LogP contribution in [0.3, 0.4) is 0 Å². The van der Waals surface area contributed by atoms with Gasteiger partial charge in [-0.1, -0.05) is 0 Å². The van der Waals surface area contributed by atoms with Crippen LogP contribution in [0.25, 0.3) is 0 Å². The quantitative estimate of drug-likeness (QED) is 0.706. The van der Waals surface area contributed by atoms with Gasteiger partial charge in [0, 0.05) is 12.7 Å². The summed E-state index contributed by atoms with van der Waals surface area (Å²) in [5.41, 5.74) is 1.02. The maximum atomic E-state index is 9.72. The van der Waals surface area contributed by atoms with Gasteiger partial charge in [0.2, 0.25) is 0 Å². The molecule has 70 valence electrons. The van der Waals surface area contributed by atoms with Gasteiger partial charge in [-0.2, -0.15) is 0 Å². The lowest BCUT2D eigenvalue weighted by Gasteiger charge is -2.33. The Labute approximate surface area is 78.0 Å². The number of pyridine rings is 1. The Hall–Kier alpha value is -1.09. The van der Waals surface area contributed by atoms with Crippen molar-refractivity contribution < 1.29 is 5.11 Å². The van der Waals surface area contributed by atoms with Gasteiger partial charge in [0.1, 0.15) is 6.23 Å². The molecule has 1 fully saturated rings. The molecule has 0 aliphatic carbocycles. The smallest absolute Gasteiger partial charge is 0.126 e. The molecule has 1 atom stereocenters. The summed E-state index contributed by atoms with van der Waals surface area (Å²) in [5.74, 6) is 0. The van der Waals surface area contributed by atoms with Gasteiger partial charge >= 0.3 is 0 Å². The topological polar surface area (TPSA) is 36.4 Å². The Kier molecular flexibility index (Phi) is 2.45. The Morgan fingerprint density at radius 1 is 1.46 bits per heavy atom. The molecule has 1 unspecified atom stereocenters. The van der Waals surface area contributed by atoms with E-state index in [4.69, 9.17) is 0 Å². The number of anilines is 1. The van der Waals surface area contributed by atoms with Crippen molar-refractivity contribution in [2.24, 2.45) is 0 Å². The van der Waals surface area contributed by atoms with Crippen molar-refractivity contribution in [2.45, 2.75) is 25.5 Å². The van der Waals surface area contributed by atoms with Crippen LogP contribution in [-0.2, 0) is 0 Å². The molecule has 1 N–H and O–H groups in total. The monoisotopic (exact) mass is 178 g/mol. The van der Waals surface area contributed by atoms with Crippen LogP contribution >= 0.6 is 0 Å². The molecule has 2 heterocycles. The molecule has 1 aliphatic heterocycles. The summed E-state index contributed by atoms with van der Waals surface area (Å²) in [7, 11) is 0. The van der Waals surface area contributed by atoms with Gasteiger partial charge in [-0.15, -0.1) is 0 Å². The third-order valence-electron chi connectivity index (χ3n) is 2.45. The SMILES string of the molecule is OC1CCCCN1c1cccnc1. The second-order valence-electron chi connectivity index (χ2n) is 3.38. The fourth-order valence-corrected chi connectivity index (χ4v) is 1.74. The Balaban J connectivity index is 2.15. The van der Waals surface area contributed by atoms with E-state index in [0.29, 0.717) is 0 Å². The number of hydrogen-bond donors (Lipinski definition) is 1. The van der Waals surface area contributed by atoms with Crippen LogP contribution in [0.1, 0.15) is 19.3 Å². The summed E-state index contributed by atoms with van der Waals surface area (Å²) in [6.07, 6.45) is 6.38. The van der Waals surface area contributed by atoms with Crippen molar-refractivity contribution in [3.05, 3.63) is 24.5 Å². The zero-order valence-electron chi connectivity index (χ0n) is 7.56. The van der Waals surface area contributed by atoms with E-state index >= 15 is 0 Å². The minimum atomic E-state index is -0.321. The second kappa shape index (κ2) is 3.75. The van der Waals surface area contributed by atoms with E-state index in [1.807, 2.05) is 17.0 Å². The van der Waals surface area contributed by atoms with Crippen molar-refractivity contribution in [1.29, 1.82) is 0 Å². The molecule has 1 aromatic rings. The molecule has 0 bridgehead atoms. The third kappa shape index (κ3) is 1.80. The minimum absolute atomic E-state index is 0.321. The number of nitrogens with zero attached hydrogens (tertiary/aromatic N) is 2. The molecular weight excluding hydrogens is 164 g/mol. The average Bonchev–Trinajstić information content (AvgIpc) is 2.20. The highest BCUT2D eigenvalue weighted by Gasteiger charge is 2.19. The van der Waals surface area contributed by atoms with E-state index in [-0.39, 0.29) is 6.23 Å². The predicted octanol–water partition coefficient (Wildman–Crippen LogP) is 1.39. The maximum Gasteiger partial charge on any atom is 0.126 e. The van der Waals surface area contributed by atoms with E-state index in [2.05, 4.69) is 4.98 Å². The highest BCUT2D eigenvalue weighted by Crippen LogP contribution is 2.21. The van der Waals surface area contributed by atoms with Crippen molar-refractivity contribution >= 4 is 5.69 Å². The number of aliphatic hydroxyl groups excluding tert-OH is 1. The van der Waals surface area contributed by atoms with E-state index in [9.17, 15) is 5.11 Å². The molecule has 3 heteroatoms. The predicted molar refractivity (Wildman–Crippen MR) is 51.4 cm³/mol. The van der Waals surface area contributed by atoms with E-state index in [1.54, 1.807) is 12.4 Å². The molecule has 1 aromatic heterocycles. The van der Waals surface area contributed by atoms with Gasteiger partial charge in [-0.05, 0) is 31.4 Å². The highest BCUT2D eigenvalue weighted by molar-refractivity contribution is 5.44. The van der Waals surface area contributed by atoms with Crippen LogP contribution in [-0.4, -0.2) is 22.9 Å². The first-order valence-electron chi connectivity index (χ1n) is 4.72. The maximum absolute atomic E-state index is 9.72. The molecule has 0 saturated carbocycles. The first-order chi connectivity index (χ1) is 6.38. The normalized spacial score (nSPS) is 23.2. The lowest BCUT2D eigenvalue weighted by molar-refractivity contribution is 0.140. The van der Waals surface area contributed by atoms with Gasteiger partial charge in [0.15, 0.2) is 0 Å². The van der Waals surface area contributed by atoms with Crippen LogP contribution in [0.2, 0.25) is 0 Å². The number of aromatic nitrogens is 1. The Morgan fingerprint density at radius 2 is 2.38 bits per heavy atom. The summed E-state index contributed by atoms with van der Waals surface area (Å²) in [6.45, 7) is 0.937. The standard InChI is InChI=1S/C10H14N2O/c13-10-5-1-2-7-12(10)9-4-3-6-11-8-9/h3-4,6,8,10,13H,1-2,5,7H2. The molecular formula is C10H14N2O. The van der Waals surface area contributed by atoms with Crippen molar-refractivity contribution in [1.82, 2.24) is 4.98 Å². The van der Waals surface area contributed by atoms with Crippen molar-refractivity contribution in [3.8, 4) is 0 Å². The molecule has 3 nitrogen and oxygen atoms in total. The number of aliphatic hydroxyl groups is 1. The summed E-state index contributed by atoms with van der Waals surface area (Å²) in [4.78, 5) is 6.05. The molecule has 2 rings (SSSR count). The lowest BCUT2D eigenvalue weighted by Crippen LogP contribution is -2.39. The summed E-state index contributed by atoms with van der Waals surface area (Å²) in [6, 6.07) is 3.89. The molecule has 0 aromatic carbocycles. The Morgan fingerprint density at radius 3 is 3.08 bits per heavy atom. The number of piperidine rings is 1. The van der Waals surface area contributed by atoms with Crippen LogP contribution < -0.4 is 4.90 Å². The molecule has 1 saturated heterocycles. The van der Waals surface area contributed by atoms with Crippen LogP contribution in [0.15, 0.2) is 24.5 Å². The van der Waals surface area contributed by atoms with Gasteiger partial charge < -0.3 is 10.0 Å². The van der Waals surface area contributed by atoms with Crippen molar-refractivity contribution in [3.63, 3.8) is 0 Å². The third-order valence-corrected chi connectivity index (χ3v) is 2.45. The van der Waals surface area contributed by atoms with E-state index < -0.39 is 0 Å². The fraction of sp³-hybridized carbons (Fsp3) is 0.500. The summed E-state index contributed by atoms with van der Waals surface area (Å²) in [5, 5.41) is 9.72. The second-order valence-corrected chi connectivity index (χ2v) is 3.38. The zero-order chi connectivity index (χ0) is 9.10. The van der Waals surface area contributed by atoms with Crippen LogP contribution in [0.5, 0.6) is 0 Å². The summed E-state index contributed by atoms with van der Waals surface area (Å²) >= 11 is 0. The van der Waals surface area contributed by atoms with Gasteiger partial charge in [-0.25, -0.2) is 0 Å². The first kappa shape index (κ1) is 8.51. The highest BCUT2D eigenvalue weighted by atomic mass is 16.3. The molecule has 1 aliphatic rings. The number of rotatable bonds is 1. The van der Waals surface area contributed by atoms with Crippen LogP contribution in [0.4, 0.5) is 5.69 Å². The number of hydrogen-bond acceptors (Lipinski definition) is 3. The molecule has 0 radical (unpaired) electrons. The summed E-state index contributed by atoms with van der Waals surface area (Å²) < 4.78 is 0. The fourth-order valence-electron chi connectivity index (χ4n) is 1.74. The lowest BCUT2D eigenvalue weighted by atomic mass is 10.1. The van der Waals surface area contributed by atoms with Crippen LogP contribution in [0, 0.1) is 0 Å². The Bertz CT molecular complexity index is 263. The van der Waals surface area contributed by atoms with Crippen molar-refractivity contribution in [2.75, 3.05) is 11.4 Å². The minimum Gasteiger partial charge on any atom is -0.374 e. The molecule has 0 spiro atoms.